The van der Waals surface area contributed by atoms with Gasteiger partial charge in [-0.15, -0.1) is 6.58 Å². The van der Waals surface area contributed by atoms with Crippen molar-refractivity contribution in [1.82, 2.24) is 0 Å². The van der Waals surface area contributed by atoms with Gasteiger partial charge in [0.05, 0.1) is 17.6 Å². The summed E-state index contributed by atoms with van der Waals surface area (Å²) < 4.78 is 5.46. The van der Waals surface area contributed by atoms with E-state index in [9.17, 15) is 10.1 Å². The molecule has 0 aliphatic heterocycles. The monoisotopic (exact) mass is 264 g/mol. The van der Waals surface area contributed by atoms with Gasteiger partial charge in [-0.1, -0.05) is 13.0 Å². The molecule has 0 amide bonds. The fourth-order valence-corrected chi connectivity index (χ4v) is 1.67. The smallest absolute Gasteiger partial charge is 0.275 e. The maximum atomic E-state index is 10.9. The van der Waals surface area contributed by atoms with Gasteiger partial charge in [0.2, 0.25) is 0 Å². The normalized spacial score (nSPS) is 11.7. The Labute approximate surface area is 113 Å². The molecule has 19 heavy (non-hydrogen) atoms. The summed E-state index contributed by atoms with van der Waals surface area (Å²) in [5.74, 6) is 0.518. The Hall–Kier alpha value is -2.04. The van der Waals surface area contributed by atoms with Crippen molar-refractivity contribution in [2.45, 2.75) is 32.7 Å². The summed E-state index contributed by atoms with van der Waals surface area (Å²) in [6, 6.07) is 4.90. The first-order valence-corrected chi connectivity index (χ1v) is 6.36. The second-order valence-electron chi connectivity index (χ2n) is 4.39. The lowest BCUT2D eigenvalue weighted by Gasteiger charge is -2.14. The minimum absolute atomic E-state index is 0.0295. The molecule has 0 saturated heterocycles. The summed E-state index contributed by atoms with van der Waals surface area (Å²) in [4.78, 5) is 10.5. The summed E-state index contributed by atoms with van der Waals surface area (Å²) in [5.41, 5.74) is 0.719. The molecule has 1 rings (SSSR count). The molecule has 1 atom stereocenters. The minimum atomic E-state index is -0.415. The Balaban J connectivity index is 2.92. The molecular weight excluding hydrogens is 244 g/mol. The Bertz CT molecular complexity index is 446. The van der Waals surface area contributed by atoms with E-state index < -0.39 is 4.92 Å². The van der Waals surface area contributed by atoms with Crippen molar-refractivity contribution in [1.29, 1.82) is 0 Å². The topological polar surface area (TPSA) is 64.4 Å². The van der Waals surface area contributed by atoms with Crippen molar-refractivity contribution in [3.8, 4) is 5.75 Å². The third-order valence-corrected chi connectivity index (χ3v) is 2.51. The maximum Gasteiger partial charge on any atom is 0.275 e. The first kappa shape index (κ1) is 15.0. The Morgan fingerprint density at radius 1 is 1.53 bits per heavy atom. The molecule has 0 radical (unpaired) electrons. The van der Waals surface area contributed by atoms with E-state index >= 15 is 0 Å². The molecule has 1 N–H and O–H groups in total. The molecule has 0 bridgehead atoms. The number of hydrogen-bond donors (Lipinski definition) is 1. The van der Waals surface area contributed by atoms with E-state index in [0.717, 1.165) is 12.8 Å². The molecule has 0 saturated carbocycles. The fraction of sp³-hybridized carbons (Fsp3) is 0.429. The van der Waals surface area contributed by atoms with Crippen molar-refractivity contribution in [3.05, 3.63) is 41.0 Å². The number of ether oxygens (including phenoxy) is 1. The molecule has 0 heterocycles. The number of nitro benzene ring substituents is 1. The Morgan fingerprint density at radius 2 is 2.26 bits per heavy atom. The van der Waals surface area contributed by atoms with Crippen molar-refractivity contribution < 1.29 is 9.66 Å². The van der Waals surface area contributed by atoms with Gasteiger partial charge in [-0.3, -0.25) is 10.1 Å². The van der Waals surface area contributed by atoms with E-state index in [1.54, 1.807) is 6.07 Å². The predicted octanol–water partition coefficient (Wildman–Crippen LogP) is 3.76. The van der Waals surface area contributed by atoms with Gasteiger partial charge in [-0.2, -0.15) is 0 Å². The molecule has 104 valence electrons. The van der Waals surface area contributed by atoms with Gasteiger partial charge in [-0.05, 0) is 19.8 Å². The van der Waals surface area contributed by atoms with Crippen LogP contribution in [0.25, 0.3) is 0 Å². The molecule has 0 aromatic heterocycles. The van der Waals surface area contributed by atoms with Crippen molar-refractivity contribution in [2.24, 2.45) is 0 Å². The molecular formula is C14H20N2O3. The summed E-state index contributed by atoms with van der Waals surface area (Å²) in [5, 5.41) is 14.1. The van der Waals surface area contributed by atoms with Gasteiger partial charge in [0.15, 0.2) is 0 Å². The highest BCUT2D eigenvalue weighted by atomic mass is 16.6. The van der Waals surface area contributed by atoms with Crippen LogP contribution < -0.4 is 10.1 Å². The van der Waals surface area contributed by atoms with Gasteiger partial charge in [-0.25, -0.2) is 0 Å². The number of rotatable bonds is 8. The van der Waals surface area contributed by atoms with E-state index in [4.69, 9.17) is 4.74 Å². The number of hydrogen-bond acceptors (Lipinski definition) is 4. The largest absolute Gasteiger partial charge is 0.493 e. The lowest BCUT2D eigenvalue weighted by molar-refractivity contribution is -0.384. The van der Waals surface area contributed by atoms with Crippen LogP contribution in [0, 0.1) is 10.1 Å². The highest BCUT2D eigenvalue weighted by Crippen LogP contribution is 2.26. The number of anilines is 1. The molecule has 0 aliphatic rings. The summed E-state index contributed by atoms with van der Waals surface area (Å²) in [7, 11) is 0. The quantitative estimate of drug-likeness (QED) is 0.441. The molecule has 1 unspecified atom stereocenters. The van der Waals surface area contributed by atoms with E-state index in [0.29, 0.717) is 18.0 Å². The third kappa shape index (κ3) is 4.99. The second kappa shape index (κ2) is 7.41. The van der Waals surface area contributed by atoms with Crippen LogP contribution in [0.3, 0.4) is 0 Å². The standard InChI is InChI=1S/C14H20N2O3/c1-4-6-11(3)15-12-8-13(16(17)18)10-14(9-12)19-7-5-2/h4,8-11,15H,1,5-7H2,2-3H3. The first-order valence-electron chi connectivity index (χ1n) is 6.36. The van der Waals surface area contributed by atoms with E-state index in [1.165, 1.54) is 12.1 Å². The van der Waals surface area contributed by atoms with Gasteiger partial charge in [0, 0.05) is 23.9 Å². The second-order valence-corrected chi connectivity index (χ2v) is 4.39. The SMILES string of the molecule is C=CCC(C)Nc1cc(OCCC)cc([N+](=O)[O-])c1. The van der Waals surface area contributed by atoms with E-state index in [-0.39, 0.29) is 11.7 Å². The fourth-order valence-electron chi connectivity index (χ4n) is 1.67. The van der Waals surface area contributed by atoms with Crippen LogP contribution in [0.2, 0.25) is 0 Å². The van der Waals surface area contributed by atoms with Crippen molar-refractivity contribution in [2.75, 3.05) is 11.9 Å². The maximum absolute atomic E-state index is 10.9. The van der Waals surface area contributed by atoms with Crippen LogP contribution in [-0.4, -0.2) is 17.6 Å². The lowest BCUT2D eigenvalue weighted by Crippen LogP contribution is -2.14. The zero-order chi connectivity index (χ0) is 14.3. The number of non-ortho nitro benzene ring substituents is 1. The zero-order valence-corrected chi connectivity index (χ0v) is 11.4. The number of nitro groups is 1. The average Bonchev–Trinajstić information content (AvgIpc) is 2.36. The number of benzene rings is 1. The minimum Gasteiger partial charge on any atom is -0.493 e. The van der Waals surface area contributed by atoms with Gasteiger partial charge in [0.25, 0.3) is 5.69 Å². The first-order chi connectivity index (χ1) is 9.06. The molecule has 0 aliphatic carbocycles. The van der Waals surface area contributed by atoms with Crippen molar-refractivity contribution in [3.63, 3.8) is 0 Å². The number of nitrogens with one attached hydrogen (secondary N) is 1. The highest BCUT2D eigenvalue weighted by Gasteiger charge is 2.11. The highest BCUT2D eigenvalue weighted by molar-refractivity contribution is 5.56. The van der Waals surface area contributed by atoms with Crippen LogP contribution in [0.4, 0.5) is 11.4 Å². The molecule has 1 aromatic carbocycles. The number of nitrogens with zero attached hydrogens (tertiary/aromatic N) is 1. The van der Waals surface area contributed by atoms with E-state index in [1.807, 2.05) is 19.9 Å². The summed E-state index contributed by atoms with van der Waals surface area (Å²) >= 11 is 0. The van der Waals surface area contributed by atoms with E-state index in [2.05, 4.69) is 11.9 Å². The van der Waals surface area contributed by atoms with Crippen LogP contribution in [0.5, 0.6) is 5.75 Å². The van der Waals surface area contributed by atoms with Gasteiger partial charge in [0.1, 0.15) is 5.75 Å². The average molecular weight is 264 g/mol. The van der Waals surface area contributed by atoms with Crippen LogP contribution in [0.1, 0.15) is 26.7 Å². The molecule has 0 spiro atoms. The van der Waals surface area contributed by atoms with Crippen molar-refractivity contribution >= 4 is 11.4 Å². The third-order valence-electron chi connectivity index (χ3n) is 2.51. The Morgan fingerprint density at radius 3 is 2.84 bits per heavy atom. The summed E-state index contributed by atoms with van der Waals surface area (Å²) in [6.07, 6.45) is 3.45. The van der Waals surface area contributed by atoms with Gasteiger partial charge >= 0.3 is 0 Å². The van der Waals surface area contributed by atoms with Crippen LogP contribution >= 0.6 is 0 Å². The predicted molar refractivity (Wildman–Crippen MR) is 76.8 cm³/mol. The van der Waals surface area contributed by atoms with Crippen LogP contribution in [0.15, 0.2) is 30.9 Å². The molecule has 5 nitrogen and oxygen atoms in total. The van der Waals surface area contributed by atoms with Crippen LogP contribution in [-0.2, 0) is 0 Å². The molecule has 0 fully saturated rings. The van der Waals surface area contributed by atoms with Gasteiger partial charge < -0.3 is 10.1 Å². The lowest BCUT2D eigenvalue weighted by atomic mass is 10.2. The Kier molecular flexibility index (Phi) is 5.85. The molecule has 5 heteroatoms. The summed E-state index contributed by atoms with van der Waals surface area (Å²) in [6.45, 7) is 8.20. The zero-order valence-electron chi connectivity index (χ0n) is 11.4. The molecule has 1 aromatic rings.